The van der Waals surface area contributed by atoms with Crippen LogP contribution < -0.4 is 4.90 Å². The smallest absolute Gasteiger partial charge is 0.0726 e. The molecule has 0 radical (unpaired) electrons. The van der Waals surface area contributed by atoms with Crippen LogP contribution in [-0.2, 0) is 10.2 Å². The molecule has 2 heteroatoms. The van der Waals surface area contributed by atoms with E-state index in [9.17, 15) is 0 Å². The van der Waals surface area contributed by atoms with Crippen LogP contribution >= 0.6 is 0 Å². The molecule has 2 atom stereocenters. The molecule has 0 saturated carbocycles. The number of morpholine rings is 1. The topological polar surface area (TPSA) is 12.5 Å². The summed E-state index contributed by atoms with van der Waals surface area (Å²) < 4.78 is 5.90. The van der Waals surface area contributed by atoms with Gasteiger partial charge in [-0.25, -0.2) is 0 Å². The highest BCUT2D eigenvalue weighted by Crippen LogP contribution is 2.33. The lowest BCUT2D eigenvalue weighted by Crippen LogP contribution is -2.45. The van der Waals surface area contributed by atoms with E-state index in [4.69, 9.17) is 4.74 Å². The normalized spacial score (nSPS) is 21.4. The molecule has 0 aliphatic carbocycles. The van der Waals surface area contributed by atoms with Gasteiger partial charge in [0.2, 0.25) is 0 Å². The second kappa shape index (κ2) is 6.84. The van der Waals surface area contributed by atoms with Gasteiger partial charge in [0, 0.05) is 18.8 Å². The third kappa shape index (κ3) is 3.90. The molecule has 3 rings (SSSR count). The van der Waals surface area contributed by atoms with Crippen LogP contribution in [0, 0.1) is 6.92 Å². The van der Waals surface area contributed by atoms with Crippen LogP contribution in [0.4, 0.5) is 5.69 Å². The van der Waals surface area contributed by atoms with Crippen LogP contribution in [0.15, 0.2) is 42.5 Å². The van der Waals surface area contributed by atoms with Crippen LogP contribution in [0.25, 0.3) is 11.1 Å². The Morgan fingerprint density at radius 1 is 0.920 bits per heavy atom. The minimum atomic E-state index is 0.190. The first-order valence-corrected chi connectivity index (χ1v) is 9.36. The van der Waals surface area contributed by atoms with Crippen LogP contribution in [-0.4, -0.2) is 25.3 Å². The van der Waals surface area contributed by atoms with Crippen molar-refractivity contribution < 1.29 is 4.74 Å². The highest BCUT2D eigenvalue weighted by molar-refractivity contribution is 5.74. The largest absolute Gasteiger partial charge is 0.372 e. The van der Waals surface area contributed by atoms with Crippen molar-refractivity contribution in [1.29, 1.82) is 0 Å². The third-order valence-corrected chi connectivity index (χ3v) is 5.13. The first-order chi connectivity index (χ1) is 11.8. The summed E-state index contributed by atoms with van der Waals surface area (Å²) in [5, 5.41) is 0. The molecule has 2 aromatic rings. The summed E-state index contributed by atoms with van der Waals surface area (Å²) in [5.74, 6) is 0. The Bertz CT molecular complexity index is 717. The van der Waals surface area contributed by atoms with Crippen LogP contribution in [0.5, 0.6) is 0 Å². The van der Waals surface area contributed by atoms with E-state index in [1.54, 1.807) is 0 Å². The van der Waals surface area contributed by atoms with E-state index in [2.05, 4.69) is 88.9 Å². The SMILES string of the molecule is Cc1c(-c2ccc(C(C)(C)C)cc2)cccc1N1C[C@@H](C)O[C@@H](C)C1. The zero-order valence-electron chi connectivity index (χ0n) is 16.5. The van der Waals surface area contributed by atoms with Gasteiger partial charge >= 0.3 is 0 Å². The maximum Gasteiger partial charge on any atom is 0.0726 e. The fraction of sp³-hybridized carbons (Fsp3) is 0.478. The number of hydrogen-bond acceptors (Lipinski definition) is 2. The monoisotopic (exact) mass is 337 g/mol. The van der Waals surface area contributed by atoms with Gasteiger partial charge in [-0.3, -0.25) is 0 Å². The van der Waals surface area contributed by atoms with Gasteiger partial charge < -0.3 is 9.64 Å². The Kier molecular flexibility index (Phi) is 4.92. The number of nitrogens with zero attached hydrogens (tertiary/aromatic N) is 1. The Hall–Kier alpha value is -1.80. The predicted molar refractivity (Wildman–Crippen MR) is 108 cm³/mol. The summed E-state index contributed by atoms with van der Waals surface area (Å²) in [6, 6.07) is 15.7. The number of hydrogen-bond donors (Lipinski definition) is 0. The number of rotatable bonds is 2. The van der Waals surface area contributed by atoms with Crippen molar-refractivity contribution in [2.24, 2.45) is 0 Å². The molecule has 1 aliphatic rings. The van der Waals surface area contributed by atoms with E-state index < -0.39 is 0 Å². The third-order valence-electron chi connectivity index (χ3n) is 5.13. The van der Waals surface area contributed by atoms with Crippen molar-refractivity contribution >= 4 is 5.69 Å². The molecule has 134 valence electrons. The average molecular weight is 338 g/mol. The van der Waals surface area contributed by atoms with Crippen molar-refractivity contribution in [3.63, 3.8) is 0 Å². The molecule has 1 heterocycles. The minimum Gasteiger partial charge on any atom is -0.372 e. The van der Waals surface area contributed by atoms with Gasteiger partial charge in [0.25, 0.3) is 0 Å². The van der Waals surface area contributed by atoms with E-state index >= 15 is 0 Å². The fourth-order valence-electron chi connectivity index (χ4n) is 3.80. The molecule has 0 amide bonds. The van der Waals surface area contributed by atoms with Gasteiger partial charge in [0.05, 0.1) is 12.2 Å². The summed E-state index contributed by atoms with van der Waals surface area (Å²) in [6.45, 7) is 15.3. The number of ether oxygens (including phenoxy) is 1. The molecule has 0 bridgehead atoms. The first-order valence-electron chi connectivity index (χ1n) is 9.36. The second-order valence-electron chi connectivity index (χ2n) is 8.44. The van der Waals surface area contributed by atoms with Crippen LogP contribution in [0.1, 0.15) is 45.7 Å². The van der Waals surface area contributed by atoms with Crippen molar-refractivity contribution in [1.82, 2.24) is 0 Å². The molecular weight excluding hydrogens is 306 g/mol. The lowest BCUT2D eigenvalue weighted by Gasteiger charge is -2.38. The van der Waals surface area contributed by atoms with E-state index in [0.717, 1.165) is 13.1 Å². The fourth-order valence-corrected chi connectivity index (χ4v) is 3.80. The molecule has 1 saturated heterocycles. The molecule has 2 nitrogen and oxygen atoms in total. The maximum atomic E-state index is 5.90. The van der Waals surface area contributed by atoms with E-state index in [1.807, 2.05) is 0 Å². The molecule has 2 aromatic carbocycles. The van der Waals surface area contributed by atoms with Crippen LogP contribution in [0.3, 0.4) is 0 Å². The Balaban J connectivity index is 1.93. The van der Waals surface area contributed by atoms with Gasteiger partial charge in [0.1, 0.15) is 0 Å². The molecule has 25 heavy (non-hydrogen) atoms. The average Bonchev–Trinajstić information content (AvgIpc) is 2.53. The predicted octanol–water partition coefficient (Wildman–Crippen LogP) is 5.57. The standard InChI is InChI=1S/C23H31NO/c1-16-14-24(15-17(2)25-16)22-9-7-8-21(18(22)3)19-10-12-20(13-11-19)23(4,5)6/h7-13,16-17H,14-15H2,1-6H3/t16-,17+. The van der Waals surface area contributed by atoms with Crippen molar-refractivity contribution in [2.75, 3.05) is 18.0 Å². The lowest BCUT2D eigenvalue weighted by molar-refractivity contribution is -0.00524. The second-order valence-corrected chi connectivity index (χ2v) is 8.44. The summed E-state index contributed by atoms with van der Waals surface area (Å²) in [5.41, 5.74) is 6.87. The summed E-state index contributed by atoms with van der Waals surface area (Å²) in [7, 11) is 0. The Labute approximate surface area is 152 Å². The summed E-state index contributed by atoms with van der Waals surface area (Å²) in [4.78, 5) is 2.47. The van der Waals surface area contributed by atoms with Gasteiger partial charge in [-0.1, -0.05) is 57.2 Å². The van der Waals surface area contributed by atoms with Gasteiger partial charge in [-0.05, 0) is 54.5 Å². The van der Waals surface area contributed by atoms with Crippen LogP contribution in [0.2, 0.25) is 0 Å². The van der Waals surface area contributed by atoms with Crippen molar-refractivity contribution in [3.8, 4) is 11.1 Å². The summed E-state index contributed by atoms with van der Waals surface area (Å²) >= 11 is 0. The van der Waals surface area contributed by atoms with Gasteiger partial charge in [-0.15, -0.1) is 0 Å². The Morgan fingerprint density at radius 2 is 1.52 bits per heavy atom. The highest BCUT2D eigenvalue weighted by atomic mass is 16.5. The van der Waals surface area contributed by atoms with Crippen molar-refractivity contribution in [2.45, 2.75) is 59.2 Å². The zero-order valence-corrected chi connectivity index (χ0v) is 16.5. The molecule has 0 N–H and O–H groups in total. The minimum absolute atomic E-state index is 0.190. The molecule has 1 aliphatic heterocycles. The number of anilines is 1. The molecule has 0 aromatic heterocycles. The Morgan fingerprint density at radius 3 is 2.08 bits per heavy atom. The summed E-state index contributed by atoms with van der Waals surface area (Å²) in [6.07, 6.45) is 0.552. The zero-order chi connectivity index (χ0) is 18.2. The van der Waals surface area contributed by atoms with Crippen molar-refractivity contribution in [3.05, 3.63) is 53.6 Å². The van der Waals surface area contributed by atoms with Gasteiger partial charge in [0.15, 0.2) is 0 Å². The lowest BCUT2D eigenvalue weighted by atomic mass is 9.86. The quantitative estimate of drug-likeness (QED) is 0.710. The molecule has 0 unspecified atom stereocenters. The van der Waals surface area contributed by atoms with E-state index in [1.165, 1.54) is 27.9 Å². The maximum absolute atomic E-state index is 5.90. The first kappa shape index (κ1) is 18.0. The van der Waals surface area contributed by atoms with Gasteiger partial charge in [-0.2, -0.15) is 0 Å². The molecular formula is C23H31NO. The van der Waals surface area contributed by atoms with E-state index in [0.29, 0.717) is 0 Å². The number of benzene rings is 2. The van der Waals surface area contributed by atoms with E-state index in [-0.39, 0.29) is 17.6 Å². The molecule has 1 fully saturated rings. The molecule has 0 spiro atoms. The highest BCUT2D eigenvalue weighted by Gasteiger charge is 2.24.